The number of nitrogens with two attached hydrogens (primary N) is 1. The van der Waals surface area contributed by atoms with Crippen LogP contribution >= 0.6 is 11.9 Å². The maximum absolute atomic E-state index is 12.1. The van der Waals surface area contributed by atoms with Crippen LogP contribution in [0.25, 0.3) is 0 Å². The van der Waals surface area contributed by atoms with Gasteiger partial charge in [-0.2, -0.15) is 0 Å². The van der Waals surface area contributed by atoms with Crippen LogP contribution in [0.2, 0.25) is 0 Å². The van der Waals surface area contributed by atoms with E-state index >= 15 is 0 Å². The highest BCUT2D eigenvalue weighted by atomic mass is 32.2. The van der Waals surface area contributed by atoms with Gasteiger partial charge in [-0.3, -0.25) is 19.8 Å². The normalized spacial score (nSPS) is 12.1. The van der Waals surface area contributed by atoms with Crippen molar-refractivity contribution in [3.8, 4) is 24.0 Å². The topological polar surface area (TPSA) is 146 Å². The van der Waals surface area contributed by atoms with Gasteiger partial charge in [-0.15, -0.1) is 12.8 Å². The number of hydrogen-bond acceptors (Lipinski definition) is 7. The van der Waals surface area contributed by atoms with Gasteiger partial charge in [0.2, 0.25) is 11.8 Å². The van der Waals surface area contributed by atoms with Crippen molar-refractivity contribution in [1.82, 2.24) is 15.4 Å². The molecule has 0 heterocycles. The number of carbonyl (C=O) groups is 3. The van der Waals surface area contributed by atoms with Crippen LogP contribution in [0.3, 0.4) is 0 Å². The summed E-state index contributed by atoms with van der Waals surface area (Å²) < 4.78 is 8.88. The molecule has 0 saturated heterocycles. The van der Waals surface area contributed by atoms with Gasteiger partial charge in [-0.1, -0.05) is 12.5 Å². The second-order valence-corrected chi connectivity index (χ2v) is 9.30. The highest BCUT2D eigenvalue weighted by Crippen LogP contribution is 2.18. The number of terminal acetylenes is 2. The molecule has 0 aliphatic carbocycles. The van der Waals surface area contributed by atoms with E-state index in [1.165, 1.54) is 0 Å². The van der Waals surface area contributed by atoms with Crippen LogP contribution in [-0.4, -0.2) is 47.3 Å². The molecule has 0 aromatic rings. The molecule has 10 heteroatoms. The highest BCUT2D eigenvalue weighted by molar-refractivity contribution is 8.02. The highest BCUT2D eigenvalue weighted by Gasteiger charge is 2.23. The summed E-state index contributed by atoms with van der Waals surface area (Å²) in [7, 11) is 0. The predicted octanol–water partition coefficient (Wildman–Crippen LogP) is 1.59. The van der Waals surface area contributed by atoms with Gasteiger partial charge < -0.3 is 21.1 Å². The first-order chi connectivity index (χ1) is 15.2. The molecule has 0 bridgehead atoms. The Morgan fingerprint density at radius 2 is 1.73 bits per heavy atom. The third-order valence-electron chi connectivity index (χ3n) is 4.59. The maximum atomic E-state index is 12.1. The molecule has 0 aromatic carbocycles. The van der Waals surface area contributed by atoms with Crippen molar-refractivity contribution in [2.45, 2.75) is 77.0 Å². The van der Waals surface area contributed by atoms with Crippen LogP contribution in [0.4, 0.5) is 0 Å². The Labute approximate surface area is 201 Å². The first-order valence-corrected chi connectivity index (χ1v) is 11.2. The van der Waals surface area contributed by atoms with Crippen molar-refractivity contribution in [3.05, 3.63) is 12.2 Å². The Hall–Kier alpha value is -2.79. The Kier molecular flexibility index (Phi) is 13.2. The molecule has 0 aliphatic heterocycles. The summed E-state index contributed by atoms with van der Waals surface area (Å²) in [4.78, 5) is 35.2. The molecule has 0 spiro atoms. The molecule has 0 aliphatic rings. The van der Waals surface area contributed by atoms with Gasteiger partial charge in [0.25, 0.3) is 5.91 Å². The van der Waals surface area contributed by atoms with Gasteiger partial charge in [-0.25, -0.2) is 4.72 Å². The molecule has 3 amide bonds. The minimum Gasteiger partial charge on any atom is -0.375 e. The summed E-state index contributed by atoms with van der Waals surface area (Å²) in [5.41, 5.74) is 4.55. The first kappa shape index (κ1) is 30.2. The van der Waals surface area contributed by atoms with E-state index < -0.39 is 23.5 Å². The molecular weight excluding hydrogens is 442 g/mol. The lowest BCUT2D eigenvalue weighted by molar-refractivity contribution is -0.127. The Balaban J connectivity index is 4.34. The van der Waals surface area contributed by atoms with E-state index in [2.05, 4.69) is 33.1 Å². The second kappa shape index (κ2) is 14.4. The molecule has 9 nitrogen and oxygen atoms in total. The lowest BCUT2D eigenvalue weighted by Gasteiger charge is -2.26. The first-order valence-electron chi connectivity index (χ1n) is 10.4. The monoisotopic (exact) mass is 477 g/mol. The maximum Gasteiger partial charge on any atom is 0.252 e. The smallest absolute Gasteiger partial charge is 0.252 e. The van der Waals surface area contributed by atoms with Gasteiger partial charge in [0.15, 0.2) is 6.04 Å². The lowest BCUT2D eigenvalue weighted by Crippen LogP contribution is -2.43. The fourth-order valence-corrected chi connectivity index (χ4v) is 2.86. The molecule has 1 atom stereocenters. The number of rotatable bonds is 15. The van der Waals surface area contributed by atoms with E-state index in [0.717, 1.165) is 11.9 Å². The number of nitrogens with one attached hydrogen (secondary N) is 4. The lowest BCUT2D eigenvalue weighted by atomic mass is 10.00. The Bertz CT molecular complexity index is 824. The Morgan fingerprint density at radius 1 is 1.12 bits per heavy atom. The fourth-order valence-electron chi connectivity index (χ4n) is 2.43. The largest absolute Gasteiger partial charge is 0.375 e. The molecule has 0 saturated carbocycles. The van der Waals surface area contributed by atoms with Crippen molar-refractivity contribution in [2.24, 2.45) is 5.73 Å². The molecule has 0 aromatic heterocycles. The zero-order valence-corrected chi connectivity index (χ0v) is 20.6. The molecule has 6 N–H and O–H groups in total. The van der Waals surface area contributed by atoms with Crippen molar-refractivity contribution in [2.75, 3.05) is 6.61 Å². The van der Waals surface area contributed by atoms with Gasteiger partial charge in [0.05, 0.1) is 12.2 Å². The quantitative estimate of drug-likeness (QED) is 0.105. The zero-order chi connectivity index (χ0) is 25.7. The third kappa shape index (κ3) is 14.1. The van der Waals surface area contributed by atoms with Gasteiger partial charge >= 0.3 is 0 Å². The predicted molar refractivity (Wildman–Crippen MR) is 132 cm³/mol. The van der Waals surface area contributed by atoms with Crippen LogP contribution in [-0.2, 0) is 19.1 Å². The third-order valence-corrected chi connectivity index (χ3v) is 5.36. The molecule has 33 heavy (non-hydrogen) atoms. The SMILES string of the molecule is C#CSNC(C)(C)CCC(=O)NC(=N)C(=C)CCOC(C)(C)CCC(=O)NC(C#C)C(N)=O. The van der Waals surface area contributed by atoms with Crippen LogP contribution in [0.5, 0.6) is 0 Å². The van der Waals surface area contributed by atoms with Gasteiger partial charge in [0.1, 0.15) is 5.84 Å². The fraction of sp³-hybridized carbons (Fsp3) is 0.565. The van der Waals surface area contributed by atoms with E-state index in [9.17, 15) is 14.4 Å². The minimum absolute atomic E-state index is 0.0590. The summed E-state index contributed by atoms with van der Waals surface area (Å²) in [5, 5.41) is 15.3. The average Bonchev–Trinajstić information content (AvgIpc) is 2.72. The van der Waals surface area contributed by atoms with E-state index in [1.54, 1.807) is 0 Å². The van der Waals surface area contributed by atoms with E-state index in [1.807, 2.05) is 27.7 Å². The molecule has 0 rings (SSSR count). The van der Waals surface area contributed by atoms with Crippen molar-refractivity contribution in [3.63, 3.8) is 0 Å². The number of ether oxygens (including phenoxy) is 1. The zero-order valence-electron chi connectivity index (χ0n) is 19.8. The van der Waals surface area contributed by atoms with Gasteiger partial charge in [-0.05, 0) is 57.8 Å². The standard InChI is InChI=1S/C23H35N5O4S/c1-8-17(21(25)31)26-18(29)11-14-23(6,7)32-15-12-16(3)20(24)27-19(30)10-13-22(4,5)28-33-9-2/h1-2,17,28H,3,10-15H2,4-7H3,(H2,25,31)(H,26,29)(H2,24,27,30). The van der Waals surface area contributed by atoms with E-state index in [0.29, 0.717) is 24.8 Å². The Morgan fingerprint density at radius 3 is 2.27 bits per heavy atom. The van der Waals surface area contributed by atoms with Crippen LogP contribution in [0.1, 0.15) is 59.8 Å². The minimum atomic E-state index is -1.14. The molecular formula is C23H35N5O4S. The summed E-state index contributed by atoms with van der Waals surface area (Å²) in [6, 6.07) is -1.14. The van der Waals surface area contributed by atoms with Gasteiger partial charge in [0, 0.05) is 30.3 Å². The van der Waals surface area contributed by atoms with Crippen LogP contribution in [0, 0.1) is 29.4 Å². The average molecular weight is 478 g/mol. The number of amides is 3. The number of hydrogen-bond donors (Lipinski definition) is 5. The van der Waals surface area contributed by atoms with E-state index in [-0.39, 0.29) is 36.7 Å². The van der Waals surface area contributed by atoms with Crippen LogP contribution < -0.4 is 21.1 Å². The molecule has 0 fully saturated rings. The number of primary amides is 1. The number of amidine groups is 1. The van der Waals surface area contributed by atoms with E-state index in [4.69, 9.17) is 28.7 Å². The summed E-state index contributed by atoms with van der Waals surface area (Å²) in [6.45, 7) is 11.6. The van der Waals surface area contributed by atoms with Crippen molar-refractivity contribution in [1.29, 1.82) is 5.41 Å². The summed E-state index contributed by atoms with van der Waals surface area (Å²) in [6.07, 6.45) is 11.9. The molecule has 0 radical (unpaired) electrons. The van der Waals surface area contributed by atoms with Crippen LogP contribution in [0.15, 0.2) is 12.2 Å². The molecule has 1 unspecified atom stereocenters. The number of carbonyl (C=O) groups excluding carboxylic acids is 3. The van der Waals surface area contributed by atoms with Crippen molar-refractivity contribution < 1.29 is 19.1 Å². The summed E-state index contributed by atoms with van der Waals surface area (Å²) >= 11 is 1.13. The van der Waals surface area contributed by atoms with Crippen molar-refractivity contribution >= 4 is 35.5 Å². The molecule has 182 valence electrons. The second-order valence-electron chi connectivity index (χ2n) is 8.66. The summed E-state index contributed by atoms with van der Waals surface area (Å²) in [5.74, 6) is 0.576.